The van der Waals surface area contributed by atoms with Gasteiger partial charge >= 0.3 is 0 Å². The Hall–Kier alpha value is -2.92. The second-order valence-corrected chi connectivity index (χ2v) is 10.3. The molecule has 1 aromatic heterocycles. The number of benzene rings is 3. The largest absolute Gasteiger partial charge is 0.497 e. The fraction of sp³-hybridized carbons (Fsp3) is 0.0741. The van der Waals surface area contributed by atoms with Crippen molar-refractivity contribution in [3.63, 3.8) is 0 Å². The molecule has 1 N–H and O–H groups in total. The van der Waals surface area contributed by atoms with E-state index in [1.54, 1.807) is 19.2 Å². The molecular weight excluding hydrogens is 572 g/mol. The van der Waals surface area contributed by atoms with Crippen molar-refractivity contribution in [1.29, 1.82) is 5.26 Å². The molecule has 1 heterocycles. The van der Waals surface area contributed by atoms with Crippen LogP contribution in [0.5, 0.6) is 5.75 Å². The van der Waals surface area contributed by atoms with Gasteiger partial charge in [-0.1, -0.05) is 70.3 Å². The molecule has 4 aromatic rings. The van der Waals surface area contributed by atoms with Crippen molar-refractivity contribution < 1.29 is 9.53 Å². The van der Waals surface area contributed by atoms with E-state index in [0.717, 1.165) is 22.9 Å². The Bertz CT molecular complexity index is 1480. The molecule has 0 bridgehead atoms. The third-order valence-electron chi connectivity index (χ3n) is 5.25. The van der Waals surface area contributed by atoms with Crippen molar-refractivity contribution in [2.24, 2.45) is 0 Å². The van der Waals surface area contributed by atoms with Gasteiger partial charge in [-0.2, -0.15) is 5.26 Å². The number of ether oxygens (including phenoxy) is 1. The van der Waals surface area contributed by atoms with Crippen LogP contribution in [0.3, 0.4) is 0 Å². The molecule has 37 heavy (non-hydrogen) atoms. The van der Waals surface area contributed by atoms with Gasteiger partial charge in [0.05, 0.1) is 39.9 Å². The van der Waals surface area contributed by atoms with E-state index in [0.29, 0.717) is 37.6 Å². The van der Waals surface area contributed by atoms with Crippen LogP contribution in [-0.4, -0.2) is 23.8 Å². The van der Waals surface area contributed by atoms with E-state index in [9.17, 15) is 10.1 Å². The molecule has 0 radical (unpaired) electrons. The quantitative estimate of drug-likeness (QED) is 0.219. The number of hydrogen-bond donors (Lipinski definition) is 1. The van der Waals surface area contributed by atoms with Crippen LogP contribution in [0.4, 0.5) is 5.69 Å². The smallest absolute Gasteiger partial charge is 0.234 e. The summed E-state index contributed by atoms with van der Waals surface area (Å²) in [4.78, 5) is 17.5. The molecule has 10 heteroatoms. The molecule has 0 saturated heterocycles. The normalized spacial score (nSPS) is 10.6. The highest BCUT2D eigenvalue weighted by atomic mass is 35.5. The highest BCUT2D eigenvalue weighted by Crippen LogP contribution is 2.36. The number of hydrogen-bond acceptors (Lipinski definition) is 5. The standard InChI is InChI=1S/C27H17Cl4N3O2S/c1-36-19-8-4-16(5-9-19)24-12-20(15-2-6-17(28)7-3-15)21(13-32)27(33-24)37-14-25(35)34-26-22(30)10-18(29)11-23(26)31/h2-12H,14H2,1H3,(H,34,35). The van der Waals surface area contributed by atoms with Crippen LogP contribution in [0.25, 0.3) is 22.4 Å². The maximum atomic E-state index is 12.8. The number of carbonyl (C=O) groups excluding carboxylic acids is 1. The maximum Gasteiger partial charge on any atom is 0.234 e. The lowest BCUT2D eigenvalue weighted by molar-refractivity contribution is -0.113. The molecule has 3 aromatic carbocycles. The summed E-state index contributed by atoms with van der Waals surface area (Å²) in [6.45, 7) is 0. The third-order valence-corrected chi connectivity index (χ3v) is 7.29. The first-order valence-corrected chi connectivity index (χ1v) is 13.2. The number of carbonyl (C=O) groups is 1. The van der Waals surface area contributed by atoms with E-state index in [-0.39, 0.29) is 27.4 Å². The van der Waals surface area contributed by atoms with Crippen molar-refractivity contribution in [1.82, 2.24) is 4.98 Å². The Labute approximate surface area is 238 Å². The summed E-state index contributed by atoms with van der Waals surface area (Å²) in [6.07, 6.45) is 0. The number of methoxy groups -OCH3 is 1. The van der Waals surface area contributed by atoms with E-state index >= 15 is 0 Å². The first-order valence-electron chi connectivity index (χ1n) is 10.7. The molecule has 5 nitrogen and oxygen atoms in total. The van der Waals surface area contributed by atoms with E-state index in [1.165, 1.54) is 12.1 Å². The van der Waals surface area contributed by atoms with Crippen LogP contribution >= 0.6 is 58.2 Å². The second-order valence-electron chi connectivity index (χ2n) is 7.66. The van der Waals surface area contributed by atoms with Gasteiger partial charge in [-0.3, -0.25) is 4.79 Å². The maximum absolute atomic E-state index is 12.8. The molecule has 186 valence electrons. The number of anilines is 1. The lowest BCUT2D eigenvalue weighted by atomic mass is 9.99. The zero-order valence-electron chi connectivity index (χ0n) is 19.2. The number of nitrogens with one attached hydrogen (secondary N) is 1. The summed E-state index contributed by atoms with van der Waals surface area (Å²) in [5.41, 5.74) is 3.54. The average molecular weight is 589 g/mol. The Balaban J connectivity index is 1.69. The minimum atomic E-state index is -0.371. The Morgan fingerprint density at radius 2 is 1.57 bits per heavy atom. The van der Waals surface area contributed by atoms with Gasteiger partial charge in [0.25, 0.3) is 0 Å². The minimum absolute atomic E-state index is 0.0386. The number of nitrogens with zero attached hydrogens (tertiary/aromatic N) is 2. The highest BCUT2D eigenvalue weighted by molar-refractivity contribution is 8.00. The molecule has 0 unspecified atom stereocenters. The Morgan fingerprint density at radius 3 is 2.16 bits per heavy atom. The molecular formula is C27H17Cl4N3O2S. The predicted molar refractivity (Wildman–Crippen MR) is 152 cm³/mol. The molecule has 0 spiro atoms. The van der Waals surface area contributed by atoms with Gasteiger partial charge in [-0.25, -0.2) is 4.98 Å². The summed E-state index contributed by atoms with van der Waals surface area (Å²) in [5.74, 6) is 0.300. The van der Waals surface area contributed by atoms with Crippen LogP contribution in [0.1, 0.15) is 5.56 Å². The molecule has 1 amide bonds. The van der Waals surface area contributed by atoms with Gasteiger partial charge in [0.15, 0.2) is 0 Å². The van der Waals surface area contributed by atoms with Crippen molar-refractivity contribution in [3.8, 4) is 34.2 Å². The van der Waals surface area contributed by atoms with E-state index < -0.39 is 0 Å². The molecule has 0 fully saturated rings. The van der Waals surface area contributed by atoms with Gasteiger partial charge in [-0.05, 0) is 60.2 Å². The number of amides is 1. The van der Waals surface area contributed by atoms with E-state index in [2.05, 4.69) is 11.4 Å². The van der Waals surface area contributed by atoms with Crippen molar-refractivity contribution in [2.75, 3.05) is 18.2 Å². The number of aromatic nitrogens is 1. The van der Waals surface area contributed by atoms with E-state index in [1.807, 2.05) is 42.5 Å². The highest BCUT2D eigenvalue weighted by Gasteiger charge is 2.18. The van der Waals surface area contributed by atoms with Gasteiger partial charge in [0.2, 0.25) is 5.91 Å². The first kappa shape index (κ1) is 27.1. The fourth-order valence-corrected chi connectivity index (χ4v) is 5.31. The Morgan fingerprint density at radius 1 is 0.946 bits per heavy atom. The predicted octanol–water partition coefficient (Wildman–Crippen LogP) is 8.64. The van der Waals surface area contributed by atoms with Gasteiger partial charge in [0, 0.05) is 21.2 Å². The molecule has 0 aliphatic heterocycles. The fourth-order valence-electron chi connectivity index (χ4n) is 3.47. The van der Waals surface area contributed by atoms with Gasteiger partial charge in [-0.15, -0.1) is 0 Å². The molecule has 0 aliphatic rings. The van der Waals surface area contributed by atoms with Gasteiger partial charge in [0.1, 0.15) is 16.8 Å². The summed E-state index contributed by atoms with van der Waals surface area (Å²) >= 11 is 25.5. The minimum Gasteiger partial charge on any atom is -0.497 e. The number of nitriles is 1. The lowest BCUT2D eigenvalue weighted by Gasteiger charge is -2.14. The SMILES string of the molecule is COc1ccc(-c2cc(-c3ccc(Cl)cc3)c(C#N)c(SCC(=O)Nc3c(Cl)cc(Cl)cc3Cl)n2)cc1. The summed E-state index contributed by atoms with van der Waals surface area (Å²) in [5, 5.41) is 14.5. The Kier molecular flexibility index (Phi) is 8.86. The van der Waals surface area contributed by atoms with Crippen LogP contribution in [0, 0.1) is 11.3 Å². The summed E-state index contributed by atoms with van der Waals surface area (Å²) in [7, 11) is 1.60. The number of pyridine rings is 1. The molecule has 0 aliphatic carbocycles. The molecule has 0 atom stereocenters. The molecule has 0 saturated carbocycles. The summed E-state index contributed by atoms with van der Waals surface area (Å²) < 4.78 is 5.26. The molecule has 4 rings (SSSR count). The van der Waals surface area contributed by atoms with Crippen molar-refractivity contribution >= 4 is 69.8 Å². The average Bonchev–Trinajstić information content (AvgIpc) is 2.89. The van der Waals surface area contributed by atoms with Crippen LogP contribution in [0.2, 0.25) is 20.1 Å². The zero-order valence-corrected chi connectivity index (χ0v) is 23.0. The monoisotopic (exact) mass is 587 g/mol. The lowest BCUT2D eigenvalue weighted by Crippen LogP contribution is -2.15. The third kappa shape index (κ3) is 6.51. The second kappa shape index (κ2) is 12.1. The van der Waals surface area contributed by atoms with E-state index in [4.69, 9.17) is 56.1 Å². The van der Waals surface area contributed by atoms with Crippen LogP contribution < -0.4 is 10.1 Å². The van der Waals surface area contributed by atoms with Crippen LogP contribution in [0.15, 0.2) is 71.8 Å². The van der Waals surface area contributed by atoms with Crippen LogP contribution in [-0.2, 0) is 4.79 Å². The first-order chi connectivity index (χ1) is 17.8. The van der Waals surface area contributed by atoms with Crippen molar-refractivity contribution in [2.45, 2.75) is 5.03 Å². The summed E-state index contributed by atoms with van der Waals surface area (Å²) in [6, 6.07) is 21.7. The number of rotatable bonds is 7. The zero-order chi connectivity index (χ0) is 26.5. The number of thioether (sulfide) groups is 1. The number of halogens is 4. The topological polar surface area (TPSA) is 75.0 Å². The van der Waals surface area contributed by atoms with Crippen molar-refractivity contribution in [3.05, 3.63) is 92.4 Å². The van der Waals surface area contributed by atoms with Gasteiger partial charge < -0.3 is 10.1 Å².